The van der Waals surface area contributed by atoms with Crippen LogP contribution in [0.15, 0.2) is 91.3 Å². The van der Waals surface area contributed by atoms with Gasteiger partial charge in [0.25, 0.3) is 0 Å². The first kappa shape index (κ1) is 28.5. The molecule has 0 radical (unpaired) electrons. The number of alkyl halides is 3. The summed E-state index contributed by atoms with van der Waals surface area (Å²) in [5, 5.41) is 15.6. The minimum Gasteiger partial charge on any atom is -0.390 e. The van der Waals surface area contributed by atoms with Crippen LogP contribution < -0.4 is 20.4 Å². The number of carbonyl (C=O) groups excluding carboxylic acids is 1. The Balaban J connectivity index is 1.38. The van der Waals surface area contributed by atoms with Gasteiger partial charge in [-0.2, -0.15) is 13.2 Å². The van der Waals surface area contributed by atoms with Gasteiger partial charge in [-0.15, -0.1) is 0 Å². The van der Waals surface area contributed by atoms with Gasteiger partial charge in [-0.25, -0.2) is 9.79 Å². The van der Waals surface area contributed by atoms with Gasteiger partial charge in [-0.05, 0) is 67.2 Å². The van der Waals surface area contributed by atoms with Crippen molar-refractivity contribution in [2.45, 2.75) is 37.9 Å². The fourth-order valence-electron chi connectivity index (χ4n) is 6.51. The maximum Gasteiger partial charge on any atom is 0.418 e. The molecule has 5 aliphatic heterocycles. The van der Waals surface area contributed by atoms with E-state index in [4.69, 9.17) is 9.98 Å². The molecule has 0 bridgehead atoms. The Morgan fingerprint density at radius 3 is 2.57 bits per heavy atom. The molecule has 1 unspecified atom stereocenters. The number of hydrogen-bond acceptors (Lipinski definition) is 7. The predicted octanol–water partition coefficient (Wildman–Crippen LogP) is 4.45. The highest BCUT2D eigenvalue weighted by molar-refractivity contribution is 6.22. The topological polar surface area (TPSA) is 105 Å². The van der Waals surface area contributed by atoms with Gasteiger partial charge in [-0.1, -0.05) is 12.2 Å². The molecule has 0 aromatic heterocycles. The van der Waals surface area contributed by atoms with Crippen LogP contribution in [0.2, 0.25) is 0 Å². The summed E-state index contributed by atoms with van der Waals surface area (Å²) in [6, 6.07) is 3.09. The molecule has 1 saturated carbocycles. The standard InChI is InChI=1S/C32H32F3N7O2/c33-32(34,35)24-15-22(7-10-27(24)41-13-11-36-12-14-41)42-30-23(28(40-31(42)44)19-3-1-2-4-19)17-38-26-9-8-25(39-29(26)30)20-5-6-21(18-43)37-16-20/h5-10,15,17,26,36,43H,1-4,11-14,16,18H2,(H,40,44). The number of rotatable bonds is 3. The Kier molecular flexibility index (Phi) is 7.33. The Morgan fingerprint density at radius 2 is 1.86 bits per heavy atom. The van der Waals surface area contributed by atoms with Crippen molar-refractivity contribution in [3.8, 4) is 0 Å². The number of halogens is 3. The van der Waals surface area contributed by atoms with Crippen LogP contribution in [0, 0.1) is 0 Å². The van der Waals surface area contributed by atoms with E-state index in [1.165, 1.54) is 11.0 Å². The van der Waals surface area contributed by atoms with Gasteiger partial charge in [0.05, 0.1) is 52.9 Å². The number of nitrogens with one attached hydrogen (secondary N) is 2. The number of aliphatic hydroxyl groups is 1. The zero-order valence-electron chi connectivity index (χ0n) is 24.0. The van der Waals surface area contributed by atoms with E-state index < -0.39 is 23.8 Å². The maximum atomic E-state index is 14.6. The van der Waals surface area contributed by atoms with Crippen molar-refractivity contribution >= 4 is 35.0 Å². The smallest absolute Gasteiger partial charge is 0.390 e. The number of carbonyl (C=O) groups is 1. The number of urea groups is 1. The fourth-order valence-corrected chi connectivity index (χ4v) is 6.51. The monoisotopic (exact) mass is 603 g/mol. The van der Waals surface area contributed by atoms with Crippen molar-refractivity contribution in [3.05, 3.63) is 81.9 Å². The molecule has 5 heterocycles. The van der Waals surface area contributed by atoms with Crippen LogP contribution >= 0.6 is 0 Å². The third kappa shape index (κ3) is 5.11. The second-order valence-electron chi connectivity index (χ2n) is 11.4. The summed E-state index contributed by atoms with van der Waals surface area (Å²) >= 11 is 0. The quantitative estimate of drug-likeness (QED) is 0.475. The summed E-state index contributed by atoms with van der Waals surface area (Å²) in [6.07, 6.45) is 8.08. The fraction of sp³-hybridized carbons (Fsp3) is 0.375. The summed E-state index contributed by atoms with van der Waals surface area (Å²) in [6.45, 7) is 2.26. The second kappa shape index (κ2) is 11.3. The van der Waals surface area contributed by atoms with E-state index in [0.29, 0.717) is 66.8 Å². The van der Waals surface area contributed by atoms with Crippen molar-refractivity contribution in [2.75, 3.05) is 49.1 Å². The lowest BCUT2D eigenvalue weighted by Gasteiger charge is -2.38. The Hall–Kier alpha value is -4.29. The number of hydrogen-bond donors (Lipinski definition) is 3. The first-order chi connectivity index (χ1) is 21.3. The number of dihydropyridines is 3. The van der Waals surface area contributed by atoms with E-state index >= 15 is 0 Å². The van der Waals surface area contributed by atoms with Crippen LogP contribution in [0.5, 0.6) is 0 Å². The Labute approximate surface area is 252 Å². The molecule has 0 spiro atoms. The molecule has 228 valence electrons. The number of amides is 2. The average molecular weight is 604 g/mol. The molecule has 2 amide bonds. The number of anilines is 2. The zero-order chi connectivity index (χ0) is 30.4. The van der Waals surface area contributed by atoms with Crippen LogP contribution in [-0.4, -0.2) is 74.1 Å². The van der Waals surface area contributed by atoms with Crippen LogP contribution in [0.25, 0.3) is 0 Å². The molecule has 12 heteroatoms. The number of benzene rings is 1. The molecule has 2 fully saturated rings. The lowest BCUT2D eigenvalue weighted by molar-refractivity contribution is -0.137. The van der Waals surface area contributed by atoms with Crippen molar-refractivity contribution in [1.29, 1.82) is 0 Å². The highest BCUT2D eigenvalue weighted by atomic mass is 19.4. The van der Waals surface area contributed by atoms with Crippen LogP contribution in [0.3, 0.4) is 0 Å². The molecule has 1 atom stereocenters. The van der Waals surface area contributed by atoms with Gasteiger partial charge < -0.3 is 20.6 Å². The number of nitrogens with zero attached hydrogens (tertiary/aromatic N) is 5. The summed E-state index contributed by atoms with van der Waals surface area (Å²) in [5.74, 6) is 0. The van der Waals surface area contributed by atoms with Crippen molar-refractivity contribution in [1.82, 2.24) is 10.6 Å². The second-order valence-corrected chi connectivity index (χ2v) is 11.4. The van der Waals surface area contributed by atoms with Crippen LogP contribution in [0.4, 0.5) is 29.3 Å². The normalized spacial score (nSPS) is 25.3. The minimum absolute atomic E-state index is 0.100. The molecule has 3 N–H and O–H groups in total. The van der Waals surface area contributed by atoms with Gasteiger partial charge in [0.15, 0.2) is 0 Å². The van der Waals surface area contributed by atoms with E-state index in [9.17, 15) is 23.1 Å². The maximum absolute atomic E-state index is 14.6. The number of aliphatic imine (C=N–C) groups is 3. The minimum atomic E-state index is -4.63. The SMILES string of the molecule is O=C1NC(=C2CCCC2)C2=C(C3=NC(=C4C=CC(CO)=NC4)C=CC3N=C2)N1c1ccc(N2CCNCC2)c(C(F)(F)F)c1. The summed E-state index contributed by atoms with van der Waals surface area (Å²) in [7, 11) is 0. The Bertz CT molecular complexity index is 1650. The number of fused-ring (bicyclic) bond motifs is 2. The third-order valence-corrected chi connectivity index (χ3v) is 8.73. The summed E-state index contributed by atoms with van der Waals surface area (Å²) in [4.78, 5) is 31.1. The number of piperazine rings is 1. The molecule has 1 aliphatic carbocycles. The van der Waals surface area contributed by atoms with Gasteiger partial charge in [0.1, 0.15) is 6.04 Å². The highest BCUT2D eigenvalue weighted by Gasteiger charge is 2.42. The first-order valence-electron chi connectivity index (χ1n) is 14.9. The van der Waals surface area contributed by atoms with Crippen LogP contribution in [0.1, 0.15) is 31.2 Å². The summed E-state index contributed by atoms with van der Waals surface area (Å²) in [5.41, 5.74) is 4.79. The van der Waals surface area contributed by atoms with Gasteiger partial charge in [0, 0.05) is 43.7 Å². The molecule has 1 aromatic rings. The highest BCUT2D eigenvalue weighted by Crippen LogP contribution is 2.43. The molecular formula is C32H32F3N7O2. The molecule has 9 nitrogen and oxygen atoms in total. The van der Waals surface area contributed by atoms with Crippen molar-refractivity contribution in [2.24, 2.45) is 15.0 Å². The van der Waals surface area contributed by atoms with E-state index in [2.05, 4.69) is 15.6 Å². The van der Waals surface area contributed by atoms with E-state index in [0.717, 1.165) is 42.9 Å². The first-order valence-corrected chi connectivity index (χ1v) is 14.9. The molecule has 7 rings (SSSR count). The van der Waals surface area contributed by atoms with E-state index in [1.807, 2.05) is 18.2 Å². The van der Waals surface area contributed by atoms with Gasteiger partial charge in [0.2, 0.25) is 0 Å². The lowest BCUT2D eigenvalue weighted by atomic mass is 9.91. The van der Waals surface area contributed by atoms with E-state index in [1.54, 1.807) is 23.3 Å². The summed E-state index contributed by atoms with van der Waals surface area (Å²) < 4.78 is 43.7. The number of aliphatic hydroxyl groups excluding tert-OH is 1. The third-order valence-electron chi connectivity index (χ3n) is 8.73. The van der Waals surface area contributed by atoms with Crippen LogP contribution in [-0.2, 0) is 6.18 Å². The molecule has 1 saturated heterocycles. The van der Waals surface area contributed by atoms with E-state index in [-0.39, 0.29) is 18.0 Å². The lowest BCUT2D eigenvalue weighted by Crippen LogP contribution is -2.50. The Morgan fingerprint density at radius 1 is 1.07 bits per heavy atom. The van der Waals surface area contributed by atoms with Gasteiger partial charge in [-0.3, -0.25) is 14.9 Å². The van der Waals surface area contributed by atoms with Gasteiger partial charge >= 0.3 is 12.2 Å². The van der Waals surface area contributed by atoms with Crippen molar-refractivity contribution in [3.63, 3.8) is 0 Å². The zero-order valence-corrected chi connectivity index (χ0v) is 24.0. The molecule has 1 aromatic carbocycles. The largest absolute Gasteiger partial charge is 0.418 e. The average Bonchev–Trinajstić information content (AvgIpc) is 3.59. The number of allylic oxidation sites excluding steroid dienone is 3. The van der Waals surface area contributed by atoms with Crippen molar-refractivity contribution < 1.29 is 23.1 Å². The predicted molar refractivity (Wildman–Crippen MR) is 164 cm³/mol. The molecular weight excluding hydrogens is 571 g/mol. The molecule has 44 heavy (non-hydrogen) atoms. The molecule has 6 aliphatic rings.